The van der Waals surface area contributed by atoms with Crippen molar-refractivity contribution in [2.24, 2.45) is 0 Å². The number of aryl methyl sites for hydroxylation is 1. The molecule has 3 aromatic rings. The summed E-state index contributed by atoms with van der Waals surface area (Å²) in [4.78, 5) is 4.60. The topological polar surface area (TPSA) is 31.4 Å². The molecule has 0 atom stereocenters. The molecule has 1 heterocycles. The van der Waals surface area contributed by atoms with Crippen LogP contribution in [-0.2, 0) is 0 Å². The monoisotopic (exact) mass is 373 g/mol. The molecule has 0 aliphatic heterocycles. The Bertz CT molecular complexity index is 904. The molecule has 0 radical (unpaired) electrons. The molecule has 6 heteroatoms. The highest BCUT2D eigenvalue weighted by Gasteiger charge is 2.10. The van der Waals surface area contributed by atoms with E-state index in [2.05, 4.69) is 21.9 Å². The van der Waals surface area contributed by atoms with Crippen molar-refractivity contribution in [2.75, 3.05) is 7.11 Å². The molecule has 3 nitrogen and oxygen atoms in total. The van der Waals surface area contributed by atoms with Gasteiger partial charge in [0.1, 0.15) is 5.01 Å². The second-order valence-electron chi connectivity index (χ2n) is 5.56. The van der Waals surface area contributed by atoms with Crippen molar-refractivity contribution in [3.63, 3.8) is 0 Å². The van der Waals surface area contributed by atoms with Crippen LogP contribution in [0.15, 0.2) is 47.8 Å². The summed E-state index contributed by atoms with van der Waals surface area (Å²) in [6.07, 6.45) is 3.73. The lowest BCUT2D eigenvalue weighted by atomic mass is 10.1. The summed E-state index contributed by atoms with van der Waals surface area (Å²) in [7, 11) is 1.41. The van der Waals surface area contributed by atoms with Gasteiger partial charge < -0.3 is 9.47 Å². The average molecular weight is 373 g/mol. The molecule has 134 valence electrons. The minimum Gasteiger partial charge on any atom is -0.493 e. The van der Waals surface area contributed by atoms with Crippen molar-refractivity contribution in [1.29, 1.82) is 0 Å². The van der Waals surface area contributed by atoms with E-state index in [1.807, 2.05) is 36.6 Å². The van der Waals surface area contributed by atoms with Gasteiger partial charge in [0.2, 0.25) is 0 Å². The molecule has 0 saturated heterocycles. The first-order valence-electron chi connectivity index (χ1n) is 7.88. The highest BCUT2D eigenvalue weighted by Crippen LogP contribution is 2.30. The smallest absolute Gasteiger partial charge is 0.387 e. The average Bonchev–Trinajstić information content (AvgIpc) is 3.10. The Morgan fingerprint density at radius 1 is 1.04 bits per heavy atom. The molecule has 0 amide bonds. The number of aromatic nitrogens is 1. The largest absolute Gasteiger partial charge is 0.493 e. The van der Waals surface area contributed by atoms with Crippen molar-refractivity contribution in [1.82, 2.24) is 4.98 Å². The highest BCUT2D eigenvalue weighted by molar-refractivity contribution is 7.10. The van der Waals surface area contributed by atoms with Gasteiger partial charge in [-0.3, -0.25) is 0 Å². The fourth-order valence-electron chi connectivity index (χ4n) is 2.37. The van der Waals surface area contributed by atoms with Gasteiger partial charge in [-0.25, -0.2) is 4.98 Å². The number of hydrogen-bond acceptors (Lipinski definition) is 4. The summed E-state index contributed by atoms with van der Waals surface area (Å²) in [5.74, 6) is 0.266. The van der Waals surface area contributed by atoms with Crippen LogP contribution in [0.4, 0.5) is 8.78 Å². The molecule has 2 aromatic carbocycles. The molecule has 0 fully saturated rings. The normalized spacial score (nSPS) is 11.3. The summed E-state index contributed by atoms with van der Waals surface area (Å²) in [6, 6.07) is 13.0. The first kappa shape index (κ1) is 18.1. The van der Waals surface area contributed by atoms with Crippen molar-refractivity contribution in [3.05, 3.63) is 64.0 Å². The van der Waals surface area contributed by atoms with Crippen LogP contribution in [0.1, 0.15) is 16.1 Å². The Morgan fingerprint density at radius 3 is 2.50 bits per heavy atom. The SMILES string of the molecule is COc1cc(/C=C/c2nc(-c3ccc(C)cc3)cs2)ccc1OC(F)F. The zero-order chi connectivity index (χ0) is 18.5. The van der Waals surface area contributed by atoms with Crippen molar-refractivity contribution >= 4 is 23.5 Å². The van der Waals surface area contributed by atoms with E-state index in [0.29, 0.717) is 0 Å². The van der Waals surface area contributed by atoms with Crippen LogP contribution < -0.4 is 9.47 Å². The molecule has 0 aliphatic carbocycles. The maximum absolute atomic E-state index is 12.4. The van der Waals surface area contributed by atoms with Gasteiger partial charge in [-0.15, -0.1) is 11.3 Å². The molecule has 0 aliphatic rings. The highest BCUT2D eigenvalue weighted by atomic mass is 32.1. The number of benzene rings is 2. The van der Waals surface area contributed by atoms with Gasteiger partial charge in [0.25, 0.3) is 0 Å². The predicted octanol–water partition coefficient (Wildman–Crippen LogP) is 5.90. The molecule has 1 aromatic heterocycles. The van der Waals surface area contributed by atoms with E-state index >= 15 is 0 Å². The van der Waals surface area contributed by atoms with Crippen LogP contribution in [0.5, 0.6) is 11.5 Å². The zero-order valence-electron chi connectivity index (χ0n) is 14.3. The number of rotatable bonds is 6. The third-order valence-corrected chi connectivity index (χ3v) is 4.50. The Kier molecular flexibility index (Phi) is 5.63. The number of halogens is 2. The summed E-state index contributed by atoms with van der Waals surface area (Å²) < 4.78 is 34.3. The summed E-state index contributed by atoms with van der Waals surface area (Å²) >= 11 is 1.54. The number of ether oxygens (including phenoxy) is 2. The van der Waals surface area contributed by atoms with Gasteiger partial charge in [-0.1, -0.05) is 42.0 Å². The van der Waals surface area contributed by atoms with Crippen molar-refractivity contribution in [3.8, 4) is 22.8 Å². The molecular formula is C20H17F2NO2S. The third kappa shape index (κ3) is 4.46. The van der Waals surface area contributed by atoms with E-state index in [1.54, 1.807) is 12.1 Å². The van der Waals surface area contributed by atoms with E-state index in [1.165, 1.54) is 30.1 Å². The van der Waals surface area contributed by atoms with Crippen LogP contribution in [0.2, 0.25) is 0 Å². The fourth-order valence-corrected chi connectivity index (χ4v) is 3.09. The minimum atomic E-state index is -2.89. The lowest BCUT2D eigenvalue weighted by molar-refractivity contribution is -0.0512. The number of thiazole rings is 1. The predicted molar refractivity (Wildman–Crippen MR) is 101 cm³/mol. The second kappa shape index (κ2) is 8.10. The van der Waals surface area contributed by atoms with E-state index in [9.17, 15) is 8.78 Å². The standard InChI is InChI=1S/C20H17F2NO2S/c1-13-3-7-15(8-4-13)16-12-26-19(23-16)10-6-14-5-9-17(25-20(21)22)18(11-14)24-2/h3-12,20H,1-2H3/b10-6+. The Labute approximate surface area is 154 Å². The molecule has 0 saturated carbocycles. The zero-order valence-corrected chi connectivity index (χ0v) is 15.1. The Morgan fingerprint density at radius 2 is 1.81 bits per heavy atom. The number of nitrogens with zero attached hydrogens (tertiary/aromatic N) is 1. The van der Waals surface area contributed by atoms with E-state index in [4.69, 9.17) is 4.74 Å². The molecule has 0 spiro atoms. The van der Waals surface area contributed by atoms with Gasteiger partial charge in [-0.2, -0.15) is 8.78 Å². The minimum absolute atomic E-state index is 0.00977. The van der Waals surface area contributed by atoms with Gasteiger partial charge >= 0.3 is 6.61 Å². The first-order chi connectivity index (χ1) is 12.5. The lowest BCUT2D eigenvalue weighted by Gasteiger charge is -2.10. The number of methoxy groups -OCH3 is 1. The van der Waals surface area contributed by atoms with Crippen molar-refractivity contribution in [2.45, 2.75) is 13.5 Å². The second-order valence-corrected chi connectivity index (χ2v) is 6.45. The van der Waals surface area contributed by atoms with Crippen LogP contribution in [0.25, 0.3) is 23.4 Å². The third-order valence-electron chi connectivity index (χ3n) is 3.69. The quantitative estimate of drug-likeness (QED) is 0.539. The van der Waals surface area contributed by atoms with Crippen LogP contribution >= 0.6 is 11.3 Å². The lowest BCUT2D eigenvalue weighted by Crippen LogP contribution is -2.03. The maximum atomic E-state index is 12.4. The van der Waals surface area contributed by atoms with Crippen molar-refractivity contribution < 1.29 is 18.3 Å². The number of alkyl halides is 2. The molecule has 3 rings (SSSR count). The fraction of sp³-hybridized carbons (Fsp3) is 0.150. The molecular weight excluding hydrogens is 356 g/mol. The Balaban J connectivity index is 1.76. The molecule has 0 bridgehead atoms. The van der Waals surface area contributed by atoms with Gasteiger partial charge in [0.15, 0.2) is 11.5 Å². The molecule has 0 unspecified atom stereocenters. The van der Waals surface area contributed by atoms with Crippen LogP contribution in [-0.4, -0.2) is 18.7 Å². The summed E-state index contributed by atoms with van der Waals surface area (Å²) in [5, 5.41) is 2.86. The van der Waals surface area contributed by atoms with Gasteiger partial charge in [0, 0.05) is 10.9 Å². The molecule has 0 N–H and O–H groups in total. The van der Waals surface area contributed by atoms with Crippen LogP contribution in [0.3, 0.4) is 0 Å². The molecule has 26 heavy (non-hydrogen) atoms. The number of hydrogen-bond donors (Lipinski definition) is 0. The van der Waals surface area contributed by atoms with E-state index in [-0.39, 0.29) is 11.5 Å². The summed E-state index contributed by atoms with van der Waals surface area (Å²) in [6.45, 7) is -0.842. The van der Waals surface area contributed by atoms with E-state index < -0.39 is 6.61 Å². The van der Waals surface area contributed by atoms with Crippen LogP contribution in [0, 0.1) is 6.92 Å². The Hall–Kier alpha value is -2.73. The van der Waals surface area contributed by atoms with Gasteiger partial charge in [-0.05, 0) is 30.7 Å². The maximum Gasteiger partial charge on any atom is 0.387 e. The first-order valence-corrected chi connectivity index (χ1v) is 8.76. The van der Waals surface area contributed by atoms with E-state index in [0.717, 1.165) is 21.8 Å². The summed E-state index contributed by atoms with van der Waals surface area (Å²) in [5.41, 5.74) is 4.00. The van der Waals surface area contributed by atoms with Gasteiger partial charge in [0.05, 0.1) is 12.8 Å².